The van der Waals surface area contributed by atoms with E-state index in [1.807, 2.05) is 12.1 Å². The van der Waals surface area contributed by atoms with Gasteiger partial charge in [-0.2, -0.15) is 0 Å². The summed E-state index contributed by atoms with van der Waals surface area (Å²) in [5.41, 5.74) is 3.18. The molecular weight excluding hydrogens is 354 g/mol. The van der Waals surface area contributed by atoms with Crippen molar-refractivity contribution in [2.75, 3.05) is 33.4 Å². The predicted molar refractivity (Wildman–Crippen MR) is 111 cm³/mol. The topological polar surface area (TPSA) is 66.3 Å². The van der Waals surface area contributed by atoms with Gasteiger partial charge in [0.05, 0.1) is 26.8 Å². The van der Waals surface area contributed by atoms with Crippen molar-refractivity contribution in [1.82, 2.24) is 10.2 Å². The van der Waals surface area contributed by atoms with Crippen LogP contribution in [0.3, 0.4) is 0 Å². The number of morpholine rings is 1. The first-order chi connectivity index (χ1) is 13.6. The van der Waals surface area contributed by atoms with Crippen LogP contribution in [0.5, 0.6) is 11.5 Å². The van der Waals surface area contributed by atoms with Crippen molar-refractivity contribution >= 4 is 5.96 Å². The Morgan fingerprint density at radius 2 is 2.14 bits per heavy atom. The largest absolute Gasteiger partial charge is 0.508 e. The van der Waals surface area contributed by atoms with Crippen molar-refractivity contribution in [3.05, 3.63) is 59.2 Å². The third-order valence-electron chi connectivity index (χ3n) is 4.92. The molecule has 3 rings (SSSR count). The lowest BCUT2D eigenvalue weighted by Gasteiger charge is -2.35. The van der Waals surface area contributed by atoms with E-state index in [0.717, 1.165) is 31.2 Å². The Kier molecular flexibility index (Phi) is 6.76. The molecule has 2 aromatic rings. The summed E-state index contributed by atoms with van der Waals surface area (Å²) < 4.78 is 11.3. The van der Waals surface area contributed by atoms with E-state index >= 15 is 0 Å². The van der Waals surface area contributed by atoms with Gasteiger partial charge in [-0.3, -0.25) is 0 Å². The molecule has 1 fully saturated rings. The zero-order valence-corrected chi connectivity index (χ0v) is 16.8. The van der Waals surface area contributed by atoms with Crippen molar-refractivity contribution in [1.29, 1.82) is 0 Å². The van der Waals surface area contributed by atoms with E-state index in [0.29, 0.717) is 18.9 Å². The Balaban J connectivity index is 1.77. The van der Waals surface area contributed by atoms with Crippen LogP contribution in [-0.2, 0) is 11.3 Å². The Morgan fingerprint density at radius 1 is 1.32 bits per heavy atom. The van der Waals surface area contributed by atoms with E-state index in [4.69, 9.17) is 14.5 Å². The second kappa shape index (κ2) is 9.46. The summed E-state index contributed by atoms with van der Waals surface area (Å²) in [6.07, 6.45) is 0.0176. The van der Waals surface area contributed by atoms with Crippen molar-refractivity contribution in [3.63, 3.8) is 0 Å². The molecule has 0 bridgehead atoms. The molecule has 0 saturated carbocycles. The summed E-state index contributed by atoms with van der Waals surface area (Å²) in [6.45, 7) is 7.47. The van der Waals surface area contributed by atoms with Gasteiger partial charge in [-0.05, 0) is 43.2 Å². The van der Waals surface area contributed by atoms with Crippen molar-refractivity contribution in [2.45, 2.75) is 26.5 Å². The zero-order valence-electron chi connectivity index (χ0n) is 16.8. The van der Waals surface area contributed by atoms with E-state index in [1.54, 1.807) is 19.2 Å². The summed E-state index contributed by atoms with van der Waals surface area (Å²) in [4.78, 5) is 6.98. The maximum atomic E-state index is 10.1. The summed E-state index contributed by atoms with van der Waals surface area (Å²) in [7, 11) is 1.61. The average Bonchev–Trinajstić information content (AvgIpc) is 2.72. The second-order valence-corrected chi connectivity index (χ2v) is 6.83. The summed E-state index contributed by atoms with van der Waals surface area (Å²) >= 11 is 0. The number of phenols is 1. The molecule has 0 aliphatic carbocycles. The molecule has 0 aromatic heterocycles. The summed E-state index contributed by atoms with van der Waals surface area (Å²) in [5.74, 6) is 1.76. The number of guanidine groups is 1. The highest BCUT2D eigenvalue weighted by Gasteiger charge is 2.25. The van der Waals surface area contributed by atoms with Crippen LogP contribution < -0.4 is 10.1 Å². The fraction of sp³-hybridized carbons (Fsp3) is 0.409. The van der Waals surface area contributed by atoms with Crippen LogP contribution in [-0.4, -0.2) is 49.3 Å². The molecule has 28 heavy (non-hydrogen) atoms. The number of aliphatic imine (C=N–C) groups is 1. The van der Waals surface area contributed by atoms with Crippen LogP contribution in [0.4, 0.5) is 0 Å². The first-order valence-electron chi connectivity index (χ1n) is 9.68. The normalized spacial score (nSPS) is 17.5. The molecule has 6 nitrogen and oxygen atoms in total. The SMILES string of the molecule is CCNC(=NCc1cc(OC)ccc1O)N1CCOC(c2ccccc2C)C1. The van der Waals surface area contributed by atoms with Gasteiger partial charge in [-0.25, -0.2) is 4.99 Å². The number of hydrogen-bond acceptors (Lipinski definition) is 4. The van der Waals surface area contributed by atoms with Gasteiger partial charge in [0.15, 0.2) is 5.96 Å². The molecule has 1 atom stereocenters. The molecule has 1 unspecified atom stereocenters. The molecule has 1 saturated heterocycles. The van der Waals surface area contributed by atoms with E-state index in [2.05, 4.69) is 42.3 Å². The molecule has 0 amide bonds. The van der Waals surface area contributed by atoms with Gasteiger partial charge in [-0.1, -0.05) is 24.3 Å². The van der Waals surface area contributed by atoms with Crippen LogP contribution in [0.15, 0.2) is 47.5 Å². The number of phenolic OH excluding ortho intramolecular Hbond substituents is 1. The minimum Gasteiger partial charge on any atom is -0.508 e. The number of rotatable bonds is 5. The quantitative estimate of drug-likeness (QED) is 0.613. The van der Waals surface area contributed by atoms with Crippen molar-refractivity contribution in [3.8, 4) is 11.5 Å². The van der Waals surface area contributed by atoms with Gasteiger partial charge >= 0.3 is 0 Å². The van der Waals surface area contributed by atoms with Gasteiger partial charge < -0.3 is 24.8 Å². The van der Waals surface area contributed by atoms with Crippen molar-refractivity contribution < 1.29 is 14.6 Å². The number of nitrogens with one attached hydrogen (secondary N) is 1. The van der Waals surface area contributed by atoms with Gasteiger partial charge in [0, 0.05) is 18.7 Å². The first kappa shape index (κ1) is 20.0. The molecule has 0 radical (unpaired) electrons. The minimum absolute atomic E-state index is 0.0176. The monoisotopic (exact) mass is 383 g/mol. The Hall–Kier alpha value is -2.73. The number of nitrogens with zero attached hydrogens (tertiary/aromatic N) is 2. The lowest BCUT2D eigenvalue weighted by Crippen LogP contribution is -2.48. The number of benzene rings is 2. The highest BCUT2D eigenvalue weighted by atomic mass is 16.5. The van der Waals surface area contributed by atoms with E-state index in [-0.39, 0.29) is 11.9 Å². The minimum atomic E-state index is 0.0176. The molecule has 2 N–H and O–H groups in total. The lowest BCUT2D eigenvalue weighted by molar-refractivity contribution is -0.00834. The smallest absolute Gasteiger partial charge is 0.194 e. The average molecular weight is 383 g/mol. The van der Waals surface area contributed by atoms with E-state index < -0.39 is 0 Å². The number of hydrogen-bond donors (Lipinski definition) is 2. The molecular formula is C22H29N3O3. The zero-order chi connectivity index (χ0) is 19.9. The maximum Gasteiger partial charge on any atom is 0.194 e. The van der Waals surface area contributed by atoms with Crippen molar-refractivity contribution in [2.24, 2.45) is 4.99 Å². The molecule has 0 spiro atoms. The summed E-state index contributed by atoms with van der Waals surface area (Å²) in [5, 5.41) is 13.5. The van der Waals surface area contributed by atoms with Gasteiger partial charge in [0.25, 0.3) is 0 Å². The first-order valence-corrected chi connectivity index (χ1v) is 9.68. The third kappa shape index (κ3) is 4.75. The predicted octanol–water partition coefficient (Wildman–Crippen LogP) is 3.25. The molecule has 1 heterocycles. The van der Waals surface area contributed by atoms with Crippen LogP contribution in [0.1, 0.15) is 29.7 Å². The van der Waals surface area contributed by atoms with E-state index in [9.17, 15) is 5.11 Å². The van der Waals surface area contributed by atoms with Gasteiger partial charge in [0.1, 0.15) is 17.6 Å². The fourth-order valence-electron chi connectivity index (χ4n) is 3.38. The number of ether oxygens (including phenoxy) is 2. The molecule has 150 valence electrons. The van der Waals surface area contributed by atoms with Gasteiger partial charge in [0.2, 0.25) is 0 Å². The Bertz CT molecular complexity index is 822. The van der Waals surface area contributed by atoms with Crippen LogP contribution in [0, 0.1) is 6.92 Å². The fourth-order valence-corrected chi connectivity index (χ4v) is 3.38. The molecule has 1 aliphatic heterocycles. The molecule has 6 heteroatoms. The number of aryl methyl sites for hydroxylation is 1. The third-order valence-corrected chi connectivity index (χ3v) is 4.92. The highest BCUT2D eigenvalue weighted by molar-refractivity contribution is 5.80. The second-order valence-electron chi connectivity index (χ2n) is 6.83. The van der Waals surface area contributed by atoms with Crippen LogP contribution >= 0.6 is 0 Å². The number of aromatic hydroxyl groups is 1. The number of methoxy groups -OCH3 is 1. The van der Waals surface area contributed by atoms with E-state index in [1.165, 1.54) is 11.1 Å². The standard InChI is InChI=1S/C22H29N3O3/c1-4-23-22(24-14-17-13-18(27-3)9-10-20(17)26)25-11-12-28-21(15-25)19-8-6-5-7-16(19)2/h5-10,13,21,26H,4,11-12,14-15H2,1-3H3,(H,23,24). The highest BCUT2D eigenvalue weighted by Crippen LogP contribution is 2.26. The molecule has 2 aromatic carbocycles. The maximum absolute atomic E-state index is 10.1. The Morgan fingerprint density at radius 3 is 2.89 bits per heavy atom. The lowest BCUT2D eigenvalue weighted by atomic mass is 10.0. The van der Waals surface area contributed by atoms with Crippen LogP contribution in [0.25, 0.3) is 0 Å². The summed E-state index contributed by atoms with van der Waals surface area (Å²) in [6, 6.07) is 13.5. The van der Waals surface area contributed by atoms with Gasteiger partial charge in [-0.15, -0.1) is 0 Å². The Labute approximate surface area is 166 Å². The molecule has 1 aliphatic rings. The van der Waals surface area contributed by atoms with Crippen LogP contribution in [0.2, 0.25) is 0 Å².